The highest BCUT2D eigenvalue weighted by Gasteiger charge is 2.29. The second-order valence-corrected chi connectivity index (χ2v) is 4.67. The van der Waals surface area contributed by atoms with Crippen LogP contribution in [0.1, 0.15) is 6.42 Å². The Morgan fingerprint density at radius 3 is 2.75 bits per heavy atom. The van der Waals surface area contributed by atoms with Gasteiger partial charge in [0.25, 0.3) is 0 Å². The van der Waals surface area contributed by atoms with Gasteiger partial charge in [-0.15, -0.1) is 0 Å². The van der Waals surface area contributed by atoms with Crippen molar-refractivity contribution >= 4 is 17.5 Å². The number of halogens is 2. The van der Waals surface area contributed by atoms with Gasteiger partial charge in [0, 0.05) is 31.7 Å². The van der Waals surface area contributed by atoms with E-state index in [1.165, 1.54) is 4.90 Å². The van der Waals surface area contributed by atoms with Gasteiger partial charge in [-0.3, -0.25) is 9.59 Å². The third-order valence-corrected chi connectivity index (χ3v) is 3.20. The summed E-state index contributed by atoms with van der Waals surface area (Å²) >= 11 is 0. The standard InChI is InChI=1S/C13H14F2N2O3/c14-9-1-2-11(10(15)5-9)16-12(19)13(20)17-4-3-8(6-17)7-18/h1-2,5,8,18H,3-4,6-7H2,(H,16,19). The van der Waals surface area contributed by atoms with Crippen LogP contribution in [0.5, 0.6) is 0 Å². The smallest absolute Gasteiger partial charge is 0.313 e. The Morgan fingerprint density at radius 1 is 1.40 bits per heavy atom. The second-order valence-electron chi connectivity index (χ2n) is 4.67. The number of carbonyl (C=O) groups is 2. The summed E-state index contributed by atoms with van der Waals surface area (Å²) in [5.41, 5.74) is -0.248. The van der Waals surface area contributed by atoms with Crippen LogP contribution in [0.15, 0.2) is 18.2 Å². The van der Waals surface area contributed by atoms with Gasteiger partial charge in [-0.25, -0.2) is 8.78 Å². The Hall–Kier alpha value is -2.02. The lowest BCUT2D eigenvalue weighted by atomic mass is 10.1. The summed E-state index contributed by atoms with van der Waals surface area (Å²) in [6, 6.07) is 2.66. The maximum Gasteiger partial charge on any atom is 0.313 e. The fraction of sp³-hybridized carbons (Fsp3) is 0.385. The Kier molecular flexibility index (Phi) is 4.29. The molecule has 1 atom stereocenters. The van der Waals surface area contributed by atoms with E-state index in [2.05, 4.69) is 5.32 Å². The molecule has 2 rings (SSSR count). The lowest BCUT2D eigenvalue weighted by Crippen LogP contribution is -2.38. The molecule has 1 heterocycles. The molecular weight excluding hydrogens is 270 g/mol. The van der Waals surface area contributed by atoms with Crippen molar-refractivity contribution in [3.8, 4) is 0 Å². The van der Waals surface area contributed by atoms with Crippen LogP contribution in [0.25, 0.3) is 0 Å². The highest BCUT2D eigenvalue weighted by atomic mass is 19.1. The molecule has 108 valence electrons. The van der Waals surface area contributed by atoms with Crippen LogP contribution in [-0.2, 0) is 9.59 Å². The average Bonchev–Trinajstić information content (AvgIpc) is 2.89. The number of hydrogen-bond donors (Lipinski definition) is 2. The van der Waals surface area contributed by atoms with Crippen LogP contribution in [0.2, 0.25) is 0 Å². The normalized spacial score (nSPS) is 18.1. The zero-order valence-corrected chi connectivity index (χ0v) is 10.6. The van der Waals surface area contributed by atoms with Crippen molar-refractivity contribution in [1.82, 2.24) is 4.90 Å². The van der Waals surface area contributed by atoms with E-state index in [4.69, 9.17) is 5.11 Å². The van der Waals surface area contributed by atoms with E-state index >= 15 is 0 Å². The molecule has 1 saturated heterocycles. The van der Waals surface area contributed by atoms with Crippen LogP contribution >= 0.6 is 0 Å². The molecule has 2 amide bonds. The maximum atomic E-state index is 13.4. The molecule has 1 aromatic rings. The van der Waals surface area contributed by atoms with E-state index in [0.717, 1.165) is 12.1 Å². The quantitative estimate of drug-likeness (QED) is 0.787. The number of benzene rings is 1. The zero-order chi connectivity index (χ0) is 14.7. The Balaban J connectivity index is 1.99. The van der Waals surface area contributed by atoms with Gasteiger partial charge in [0.2, 0.25) is 0 Å². The van der Waals surface area contributed by atoms with Crippen molar-refractivity contribution in [2.45, 2.75) is 6.42 Å². The fourth-order valence-electron chi connectivity index (χ4n) is 2.08. The lowest BCUT2D eigenvalue weighted by Gasteiger charge is -2.15. The zero-order valence-electron chi connectivity index (χ0n) is 10.6. The third kappa shape index (κ3) is 3.11. The van der Waals surface area contributed by atoms with E-state index in [1.807, 2.05) is 0 Å². The molecule has 0 spiro atoms. The number of hydrogen-bond acceptors (Lipinski definition) is 3. The van der Waals surface area contributed by atoms with Gasteiger partial charge >= 0.3 is 11.8 Å². The van der Waals surface area contributed by atoms with Crippen LogP contribution < -0.4 is 5.32 Å². The number of nitrogens with one attached hydrogen (secondary N) is 1. The molecule has 0 aromatic heterocycles. The molecule has 20 heavy (non-hydrogen) atoms. The molecule has 2 N–H and O–H groups in total. The number of aliphatic hydroxyl groups excluding tert-OH is 1. The van der Waals surface area contributed by atoms with Crippen molar-refractivity contribution in [1.29, 1.82) is 0 Å². The Bertz CT molecular complexity index is 536. The number of rotatable bonds is 2. The number of nitrogens with zero attached hydrogens (tertiary/aromatic N) is 1. The third-order valence-electron chi connectivity index (χ3n) is 3.20. The minimum Gasteiger partial charge on any atom is -0.396 e. The number of anilines is 1. The molecule has 5 nitrogen and oxygen atoms in total. The number of carbonyl (C=O) groups excluding carboxylic acids is 2. The summed E-state index contributed by atoms with van der Waals surface area (Å²) in [5.74, 6) is -3.51. The molecule has 0 bridgehead atoms. The first-order valence-electron chi connectivity index (χ1n) is 6.17. The predicted molar refractivity (Wildman–Crippen MR) is 66.8 cm³/mol. The van der Waals surface area contributed by atoms with Crippen LogP contribution in [0.4, 0.5) is 14.5 Å². The topological polar surface area (TPSA) is 69.6 Å². The first-order valence-corrected chi connectivity index (χ1v) is 6.17. The van der Waals surface area contributed by atoms with Gasteiger partial charge in [0.15, 0.2) is 0 Å². The van der Waals surface area contributed by atoms with Crippen molar-refractivity contribution in [2.75, 3.05) is 25.0 Å². The van der Waals surface area contributed by atoms with Crippen LogP contribution in [-0.4, -0.2) is 41.5 Å². The molecular formula is C13H14F2N2O3. The molecule has 1 aliphatic heterocycles. The Labute approximate surface area is 114 Å². The minimum atomic E-state index is -0.978. The van der Waals surface area contributed by atoms with Crippen LogP contribution in [0.3, 0.4) is 0 Å². The van der Waals surface area contributed by atoms with Crippen molar-refractivity contribution < 1.29 is 23.5 Å². The molecule has 1 aromatic carbocycles. The summed E-state index contributed by atoms with van der Waals surface area (Å²) in [6.45, 7) is 0.635. The van der Waals surface area contributed by atoms with E-state index in [-0.39, 0.29) is 18.2 Å². The molecule has 1 fully saturated rings. The van der Waals surface area contributed by atoms with E-state index < -0.39 is 23.4 Å². The summed E-state index contributed by atoms with van der Waals surface area (Å²) < 4.78 is 26.1. The minimum absolute atomic E-state index is 0.0330. The summed E-state index contributed by atoms with van der Waals surface area (Å²) in [5, 5.41) is 11.1. The van der Waals surface area contributed by atoms with Gasteiger partial charge in [-0.05, 0) is 18.6 Å². The van der Waals surface area contributed by atoms with Gasteiger partial charge < -0.3 is 15.3 Å². The number of likely N-dealkylation sites (tertiary alicyclic amines) is 1. The largest absolute Gasteiger partial charge is 0.396 e. The second kappa shape index (κ2) is 5.96. The fourth-order valence-corrected chi connectivity index (χ4v) is 2.08. The summed E-state index contributed by atoms with van der Waals surface area (Å²) in [6.07, 6.45) is 0.625. The van der Waals surface area contributed by atoms with Crippen molar-refractivity contribution in [3.63, 3.8) is 0 Å². The van der Waals surface area contributed by atoms with E-state index in [9.17, 15) is 18.4 Å². The van der Waals surface area contributed by atoms with Crippen molar-refractivity contribution in [3.05, 3.63) is 29.8 Å². The van der Waals surface area contributed by atoms with Gasteiger partial charge in [-0.1, -0.05) is 0 Å². The van der Waals surface area contributed by atoms with Crippen molar-refractivity contribution in [2.24, 2.45) is 5.92 Å². The summed E-state index contributed by atoms with van der Waals surface area (Å²) in [7, 11) is 0. The maximum absolute atomic E-state index is 13.4. The van der Waals surface area contributed by atoms with Crippen LogP contribution in [0, 0.1) is 17.6 Å². The van der Waals surface area contributed by atoms with E-state index in [0.29, 0.717) is 25.6 Å². The highest BCUT2D eigenvalue weighted by molar-refractivity contribution is 6.39. The first-order chi connectivity index (χ1) is 9.51. The van der Waals surface area contributed by atoms with E-state index in [1.54, 1.807) is 0 Å². The highest BCUT2D eigenvalue weighted by Crippen LogP contribution is 2.17. The van der Waals surface area contributed by atoms with Gasteiger partial charge in [0.05, 0.1) is 5.69 Å². The molecule has 1 unspecified atom stereocenters. The molecule has 0 aliphatic carbocycles. The SMILES string of the molecule is O=C(Nc1ccc(F)cc1F)C(=O)N1CCC(CO)C1. The summed E-state index contributed by atoms with van der Waals surface area (Å²) in [4.78, 5) is 24.8. The molecule has 0 radical (unpaired) electrons. The van der Waals surface area contributed by atoms with Gasteiger partial charge in [-0.2, -0.15) is 0 Å². The predicted octanol–water partition coefficient (Wildman–Crippen LogP) is 0.744. The average molecular weight is 284 g/mol. The molecule has 1 aliphatic rings. The first kappa shape index (κ1) is 14.4. The molecule has 0 saturated carbocycles. The number of amides is 2. The monoisotopic (exact) mass is 284 g/mol. The number of aliphatic hydroxyl groups is 1. The Morgan fingerprint density at radius 2 is 2.15 bits per heavy atom. The molecule has 7 heteroatoms. The van der Waals surface area contributed by atoms with Gasteiger partial charge in [0.1, 0.15) is 11.6 Å². The lowest BCUT2D eigenvalue weighted by molar-refractivity contribution is -0.142.